The topological polar surface area (TPSA) is 58.7 Å². The van der Waals surface area contributed by atoms with Gasteiger partial charge in [0.25, 0.3) is 0 Å². The maximum absolute atomic E-state index is 8.50. The molecule has 4 nitrogen and oxygen atoms in total. The van der Waals surface area contributed by atoms with E-state index in [9.17, 15) is 0 Å². The highest BCUT2D eigenvalue weighted by Crippen LogP contribution is 2.14. The van der Waals surface area contributed by atoms with Gasteiger partial charge in [-0.15, -0.1) is 0 Å². The van der Waals surface area contributed by atoms with Gasteiger partial charge in [0.15, 0.2) is 0 Å². The lowest BCUT2D eigenvalue weighted by Gasteiger charge is -2.22. The Morgan fingerprint density at radius 3 is 3.00 bits per heavy atom. The average Bonchev–Trinajstić information content (AvgIpc) is 2.60. The molecule has 4 heteroatoms. The number of rotatable bonds is 6. The molecule has 1 aliphatic rings. The fraction of sp³-hybridized carbons (Fsp3) is 1.00. The van der Waals surface area contributed by atoms with Gasteiger partial charge >= 0.3 is 0 Å². The highest BCUT2D eigenvalue weighted by atomic mass is 16.5. The van der Waals surface area contributed by atoms with Crippen molar-refractivity contribution in [3.63, 3.8) is 0 Å². The van der Waals surface area contributed by atoms with Gasteiger partial charge in [0, 0.05) is 19.1 Å². The minimum Gasteiger partial charge on any atom is -0.394 e. The molecular weight excluding hydrogens is 168 g/mol. The summed E-state index contributed by atoms with van der Waals surface area (Å²) in [6.07, 6.45) is 2.47. The molecule has 0 aromatic carbocycles. The Morgan fingerprint density at radius 2 is 2.31 bits per heavy atom. The van der Waals surface area contributed by atoms with Crippen molar-refractivity contribution in [1.82, 2.24) is 4.90 Å². The van der Waals surface area contributed by atoms with E-state index >= 15 is 0 Å². The molecule has 0 aliphatic carbocycles. The van der Waals surface area contributed by atoms with E-state index in [1.54, 1.807) is 0 Å². The molecule has 0 aromatic rings. The van der Waals surface area contributed by atoms with Crippen molar-refractivity contribution in [2.24, 2.45) is 5.73 Å². The van der Waals surface area contributed by atoms with Gasteiger partial charge in [-0.2, -0.15) is 0 Å². The summed E-state index contributed by atoms with van der Waals surface area (Å²) < 4.78 is 5.21. The van der Waals surface area contributed by atoms with Crippen LogP contribution >= 0.6 is 0 Å². The second-order valence-corrected chi connectivity index (χ2v) is 3.40. The van der Waals surface area contributed by atoms with Crippen LogP contribution in [-0.2, 0) is 4.74 Å². The van der Waals surface area contributed by atoms with Gasteiger partial charge in [-0.3, -0.25) is 4.90 Å². The summed E-state index contributed by atoms with van der Waals surface area (Å²) in [6.45, 7) is 4.10. The minimum absolute atomic E-state index is 0.111. The maximum atomic E-state index is 8.50. The first-order valence-electron chi connectivity index (χ1n) is 5.01. The number of likely N-dealkylation sites (tertiary alicyclic amines) is 1. The molecule has 0 aromatic heterocycles. The van der Waals surface area contributed by atoms with Crippen molar-refractivity contribution in [3.05, 3.63) is 0 Å². The SMILES string of the molecule is NCC1CCCN1CCOCCO. The molecule has 0 bridgehead atoms. The van der Waals surface area contributed by atoms with Crippen molar-refractivity contribution >= 4 is 0 Å². The fourth-order valence-corrected chi connectivity index (χ4v) is 1.80. The highest BCUT2D eigenvalue weighted by Gasteiger charge is 2.22. The first-order valence-corrected chi connectivity index (χ1v) is 5.01. The fourth-order valence-electron chi connectivity index (χ4n) is 1.80. The predicted octanol–water partition coefficient (Wildman–Crippen LogP) is -0.582. The lowest BCUT2D eigenvalue weighted by molar-refractivity contribution is 0.0717. The number of nitrogens with zero attached hydrogens (tertiary/aromatic N) is 1. The summed E-state index contributed by atoms with van der Waals surface area (Å²) in [5.41, 5.74) is 5.63. The van der Waals surface area contributed by atoms with E-state index in [2.05, 4.69) is 4.90 Å². The zero-order valence-electron chi connectivity index (χ0n) is 8.11. The van der Waals surface area contributed by atoms with E-state index in [-0.39, 0.29) is 6.61 Å². The van der Waals surface area contributed by atoms with Gasteiger partial charge in [-0.1, -0.05) is 0 Å². The normalized spacial score (nSPS) is 24.0. The molecule has 1 aliphatic heterocycles. The smallest absolute Gasteiger partial charge is 0.0698 e. The molecule has 0 spiro atoms. The zero-order chi connectivity index (χ0) is 9.52. The van der Waals surface area contributed by atoms with Crippen molar-refractivity contribution in [3.8, 4) is 0 Å². The predicted molar refractivity (Wildman–Crippen MR) is 51.6 cm³/mol. The summed E-state index contributed by atoms with van der Waals surface area (Å²) in [7, 11) is 0. The number of aliphatic hydroxyl groups excluding tert-OH is 1. The van der Waals surface area contributed by atoms with Gasteiger partial charge in [-0.05, 0) is 19.4 Å². The van der Waals surface area contributed by atoms with E-state index in [0.717, 1.165) is 19.6 Å². The maximum Gasteiger partial charge on any atom is 0.0698 e. The van der Waals surface area contributed by atoms with Gasteiger partial charge in [0.1, 0.15) is 0 Å². The third-order valence-electron chi connectivity index (χ3n) is 2.53. The zero-order valence-corrected chi connectivity index (χ0v) is 8.11. The van der Waals surface area contributed by atoms with Crippen molar-refractivity contribution in [2.75, 3.05) is 39.5 Å². The van der Waals surface area contributed by atoms with E-state index in [1.807, 2.05) is 0 Å². The average molecular weight is 188 g/mol. The Balaban J connectivity index is 2.06. The van der Waals surface area contributed by atoms with E-state index < -0.39 is 0 Å². The number of hydrogen-bond donors (Lipinski definition) is 2. The number of ether oxygens (including phenoxy) is 1. The number of hydrogen-bond acceptors (Lipinski definition) is 4. The largest absolute Gasteiger partial charge is 0.394 e. The van der Waals surface area contributed by atoms with Crippen LogP contribution in [0.15, 0.2) is 0 Å². The first kappa shape index (κ1) is 10.9. The van der Waals surface area contributed by atoms with Crippen LogP contribution in [0.3, 0.4) is 0 Å². The number of nitrogens with two attached hydrogens (primary N) is 1. The van der Waals surface area contributed by atoms with E-state index in [1.165, 1.54) is 12.8 Å². The molecule has 13 heavy (non-hydrogen) atoms. The van der Waals surface area contributed by atoms with Crippen molar-refractivity contribution in [2.45, 2.75) is 18.9 Å². The van der Waals surface area contributed by atoms with Crippen LogP contribution in [0.25, 0.3) is 0 Å². The molecule has 0 amide bonds. The molecule has 1 atom stereocenters. The summed E-state index contributed by atoms with van der Waals surface area (Å²) >= 11 is 0. The molecular formula is C9H20N2O2. The van der Waals surface area contributed by atoms with Crippen LogP contribution in [0.1, 0.15) is 12.8 Å². The van der Waals surface area contributed by atoms with Crippen LogP contribution in [0, 0.1) is 0 Å². The molecule has 1 rings (SSSR count). The van der Waals surface area contributed by atoms with Gasteiger partial charge in [0.05, 0.1) is 19.8 Å². The molecule has 1 heterocycles. The first-order chi connectivity index (χ1) is 6.38. The van der Waals surface area contributed by atoms with Gasteiger partial charge < -0.3 is 15.6 Å². The molecule has 0 radical (unpaired) electrons. The third-order valence-corrected chi connectivity index (χ3v) is 2.53. The summed E-state index contributed by atoms with van der Waals surface area (Å²) in [5.74, 6) is 0. The second-order valence-electron chi connectivity index (χ2n) is 3.40. The Morgan fingerprint density at radius 1 is 1.46 bits per heavy atom. The molecule has 3 N–H and O–H groups in total. The third kappa shape index (κ3) is 3.60. The molecule has 78 valence electrons. The molecule has 0 saturated carbocycles. The Kier molecular flexibility index (Phi) is 5.31. The summed E-state index contributed by atoms with van der Waals surface area (Å²) in [5, 5.41) is 8.50. The van der Waals surface area contributed by atoms with E-state index in [4.69, 9.17) is 15.6 Å². The van der Waals surface area contributed by atoms with Crippen LogP contribution in [0.5, 0.6) is 0 Å². The molecule has 1 fully saturated rings. The summed E-state index contributed by atoms with van der Waals surface area (Å²) in [6, 6.07) is 0.553. The Labute approximate surface area is 79.7 Å². The van der Waals surface area contributed by atoms with Crippen LogP contribution < -0.4 is 5.73 Å². The Hall–Kier alpha value is -0.160. The lowest BCUT2D eigenvalue weighted by Crippen LogP contribution is -2.37. The molecule has 1 unspecified atom stereocenters. The van der Waals surface area contributed by atoms with Crippen molar-refractivity contribution < 1.29 is 9.84 Å². The quantitative estimate of drug-likeness (QED) is 0.547. The van der Waals surface area contributed by atoms with Crippen LogP contribution in [-0.4, -0.2) is 55.5 Å². The highest BCUT2D eigenvalue weighted by molar-refractivity contribution is 4.79. The monoisotopic (exact) mass is 188 g/mol. The molecule has 1 saturated heterocycles. The van der Waals surface area contributed by atoms with E-state index in [0.29, 0.717) is 19.3 Å². The van der Waals surface area contributed by atoms with Crippen LogP contribution in [0.4, 0.5) is 0 Å². The summed E-state index contributed by atoms with van der Waals surface area (Å²) in [4.78, 5) is 2.37. The second kappa shape index (κ2) is 6.32. The number of aliphatic hydroxyl groups is 1. The standard InChI is InChI=1S/C9H20N2O2/c10-8-9-2-1-3-11(9)4-6-13-7-5-12/h9,12H,1-8,10H2. The minimum atomic E-state index is 0.111. The lowest BCUT2D eigenvalue weighted by atomic mass is 10.2. The van der Waals surface area contributed by atoms with Gasteiger partial charge in [0.2, 0.25) is 0 Å². The van der Waals surface area contributed by atoms with Crippen LogP contribution in [0.2, 0.25) is 0 Å². The van der Waals surface area contributed by atoms with Crippen molar-refractivity contribution in [1.29, 1.82) is 0 Å². The van der Waals surface area contributed by atoms with Gasteiger partial charge in [-0.25, -0.2) is 0 Å². The Bertz CT molecular complexity index is 133.